The molecule has 1 aromatic heterocycles. The van der Waals surface area contributed by atoms with Crippen LogP contribution in [0.5, 0.6) is 0 Å². The number of benzene rings is 1. The average molecular weight is 245 g/mol. The summed E-state index contributed by atoms with van der Waals surface area (Å²) >= 11 is 0. The van der Waals surface area contributed by atoms with Gasteiger partial charge in [0.15, 0.2) is 5.72 Å². The van der Waals surface area contributed by atoms with Crippen molar-refractivity contribution in [2.75, 3.05) is 0 Å². The molecule has 0 atom stereocenters. The molecule has 3 rings (SSSR count). The Morgan fingerprint density at radius 1 is 1.22 bits per heavy atom. The zero-order valence-electron chi connectivity index (χ0n) is 11.0. The van der Waals surface area contributed by atoms with Crippen LogP contribution in [0.4, 0.5) is 0 Å². The van der Waals surface area contributed by atoms with Crippen molar-refractivity contribution >= 4 is 11.0 Å². The van der Waals surface area contributed by atoms with Gasteiger partial charge in [-0.25, -0.2) is 4.68 Å². The molecule has 0 aliphatic heterocycles. The molecule has 2 aromatic rings. The summed E-state index contributed by atoms with van der Waals surface area (Å²) in [4.78, 5) is 0. The van der Waals surface area contributed by atoms with E-state index in [1.807, 2.05) is 28.9 Å². The van der Waals surface area contributed by atoms with E-state index in [2.05, 4.69) is 24.2 Å². The zero-order chi connectivity index (χ0) is 12.6. The Morgan fingerprint density at radius 3 is 2.72 bits per heavy atom. The zero-order valence-corrected chi connectivity index (χ0v) is 11.0. The molecule has 1 aliphatic carbocycles. The standard InChI is InChI=1S/C14H19N3O/c1-14(2,18-11-7-3-4-8-11)17-13-10-6-5-9-12(13)15-16-17/h5-6,9-11H,3-4,7-8H2,1-2H3. The summed E-state index contributed by atoms with van der Waals surface area (Å²) in [6.45, 7) is 4.12. The lowest BCUT2D eigenvalue weighted by atomic mass is 10.2. The molecule has 1 aliphatic rings. The predicted molar refractivity (Wildman–Crippen MR) is 70.2 cm³/mol. The number of hydrogen-bond donors (Lipinski definition) is 0. The Bertz CT molecular complexity index is 541. The number of hydrogen-bond acceptors (Lipinski definition) is 3. The van der Waals surface area contributed by atoms with Gasteiger partial charge in [0.25, 0.3) is 0 Å². The molecule has 4 heteroatoms. The topological polar surface area (TPSA) is 39.9 Å². The summed E-state index contributed by atoms with van der Waals surface area (Å²) in [5, 5.41) is 8.44. The summed E-state index contributed by atoms with van der Waals surface area (Å²) in [6.07, 6.45) is 5.24. The minimum absolute atomic E-state index is 0.364. The van der Waals surface area contributed by atoms with Crippen molar-refractivity contribution in [2.24, 2.45) is 0 Å². The third kappa shape index (κ3) is 2.01. The summed E-state index contributed by atoms with van der Waals surface area (Å²) in [5.74, 6) is 0. The first-order valence-electron chi connectivity index (χ1n) is 6.65. The molecule has 0 spiro atoms. The van der Waals surface area contributed by atoms with Crippen molar-refractivity contribution in [1.82, 2.24) is 15.0 Å². The van der Waals surface area contributed by atoms with Crippen LogP contribution in [-0.2, 0) is 10.5 Å². The number of ether oxygens (including phenoxy) is 1. The van der Waals surface area contributed by atoms with Crippen LogP contribution >= 0.6 is 0 Å². The van der Waals surface area contributed by atoms with Gasteiger partial charge in [-0.15, -0.1) is 5.10 Å². The lowest BCUT2D eigenvalue weighted by molar-refractivity contribution is -0.126. The molecule has 0 amide bonds. The Morgan fingerprint density at radius 2 is 1.94 bits per heavy atom. The number of aromatic nitrogens is 3. The molecule has 0 bridgehead atoms. The first kappa shape index (κ1) is 11.7. The highest BCUT2D eigenvalue weighted by Crippen LogP contribution is 2.29. The van der Waals surface area contributed by atoms with E-state index in [-0.39, 0.29) is 0 Å². The molecule has 1 aromatic carbocycles. The molecular formula is C14H19N3O. The van der Waals surface area contributed by atoms with Crippen LogP contribution in [0.2, 0.25) is 0 Å². The maximum atomic E-state index is 6.21. The fourth-order valence-electron chi connectivity index (χ4n) is 2.73. The van der Waals surface area contributed by atoms with Crippen molar-refractivity contribution in [1.29, 1.82) is 0 Å². The highest BCUT2D eigenvalue weighted by Gasteiger charge is 2.29. The minimum atomic E-state index is -0.439. The number of fused-ring (bicyclic) bond motifs is 1. The third-order valence-corrected chi connectivity index (χ3v) is 3.62. The Kier molecular flexibility index (Phi) is 2.82. The molecule has 0 N–H and O–H groups in total. The maximum Gasteiger partial charge on any atom is 0.158 e. The average Bonchev–Trinajstić information content (AvgIpc) is 2.96. The lowest BCUT2D eigenvalue weighted by Gasteiger charge is -2.29. The van der Waals surface area contributed by atoms with E-state index < -0.39 is 5.72 Å². The minimum Gasteiger partial charge on any atom is -0.351 e. The number of nitrogens with zero attached hydrogens (tertiary/aromatic N) is 3. The number of para-hydroxylation sites is 1. The van der Waals surface area contributed by atoms with Gasteiger partial charge in [0.05, 0.1) is 11.6 Å². The van der Waals surface area contributed by atoms with Gasteiger partial charge >= 0.3 is 0 Å². The second-order valence-electron chi connectivity index (χ2n) is 5.46. The lowest BCUT2D eigenvalue weighted by Crippen LogP contribution is -2.34. The molecule has 0 unspecified atom stereocenters. The van der Waals surface area contributed by atoms with Gasteiger partial charge in [-0.1, -0.05) is 30.2 Å². The van der Waals surface area contributed by atoms with Gasteiger partial charge in [0.2, 0.25) is 0 Å². The van der Waals surface area contributed by atoms with Gasteiger partial charge in [-0.2, -0.15) is 0 Å². The van der Waals surface area contributed by atoms with E-state index in [1.54, 1.807) is 0 Å². The van der Waals surface area contributed by atoms with Crippen LogP contribution in [0.15, 0.2) is 24.3 Å². The summed E-state index contributed by atoms with van der Waals surface area (Å²) in [5.41, 5.74) is 1.51. The van der Waals surface area contributed by atoms with Gasteiger partial charge in [0, 0.05) is 0 Å². The first-order valence-corrected chi connectivity index (χ1v) is 6.65. The Labute approximate surface area is 107 Å². The SMILES string of the molecule is CC(C)(OC1CCCC1)n1nnc2ccccc21. The van der Waals surface area contributed by atoms with Crippen molar-refractivity contribution in [3.05, 3.63) is 24.3 Å². The fourth-order valence-corrected chi connectivity index (χ4v) is 2.73. The largest absolute Gasteiger partial charge is 0.351 e. The molecule has 4 nitrogen and oxygen atoms in total. The van der Waals surface area contributed by atoms with Crippen molar-refractivity contribution < 1.29 is 4.74 Å². The van der Waals surface area contributed by atoms with Crippen LogP contribution < -0.4 is 0 Å². The molecule has 1 heterocycles. The molecule has 0 radical (unpaired) electrons. The van der Waals surface area contributed by atoms with Gasteiger partial charge in [-0.3, -0.25) is 0 Å². The third-order valence-electron chi connectivity index (χ3n) is 3.62. The monoisotopic (exact) mass is 245 g/mol. The molecular weight excluding hydrogens is 226 g/mol. The second kappa shape index (κ2) is 4.35. The molecule has 1 saturated carbocycles. The van der Waals surface area contributed by atoms with Crippen LogP contribution in [0.25, 0.3) is 11.0 Å². The van der Waals surface area contributed by atoms with E-state index in [1.165, 1.54) is 12.8 Å². The highest BCUT2D eigenvalue weighted by atomic mass is 16.5. The van der Waals surface area contributed by atoms with E-state index in [0.717, 1.165) is 23.9 Å². The normalized spacial score (nSPS) is 17.7. The first-order chi connectivity index (χ1) is 8.67. The van der Waals surface area contributed by atoms with Gasteiger partial charge in [0.1, 0.15) is 5.52 Å². The fraction of sp³-hybridized carbons (Fsp3) is 0.571. The highest BCUT2D eigenvalue weighted by molar-refractivity contribution is 5.74. The van der Waals surface area contributed by atoms with Crippen LogP contribution in [0.1, 0.15) is 39.5 Å². The summed E-state index contributed by atoms with van der Waals surface area (Å²) in [6, 6.07) is 8.00. The van der Waals surface area contributed by atoms with E-state index in [0.29, 0.717) is 6.10 Å². The Balaban J connectivity index is 1.91. The van der Waals surface area contributed by atoms with E-state index >= 15 is 0 Å². The van der Waals surface area contributed by atoms with Crippen molar-refractivity contribution in [2.45, 2.75) is 51.4 Å². The molecule has 0 saturated heterocycles. The van der Waals surface area contributed by atoms with Gasteiger partial charge in [-0.05, 0) is 38.8 Å². The van der Waals surface area contributed by atoms with Crippen molar-refractivity contribution in [3.8, 4) is 0 Å². The predicted octanol–water partition coefficient (Wildman–Crippen LogP) is 3.08. The summed E-state index contributed by atoms with van der Waals surface area (Å²) < 4.78 is 8.10. The van der Waals surface area contributed by atoms with E-state index in [9.17, 15) is 0 Å². The molecule has 96 valence electrons. The molecule has 1 fully saturated rings. The quantitative estimate of drug-likeness (QED) is 0.834. The summed E-state index contributed by atoms with van der Waals surface area (Å²) in [7, 11) is 0. The van der Waals surface area contributed by atoms with Crippen LogP contribution in [0.3, 0.4) is 0 Å². The second-order valence-corrected chi connectivity index (χ2v) is 5.46. The van der Waals surface area contributed by atoms with E-state index in [4.69, 9.17) is 4.74 Å². The number of rotatable bonds is 3. The Hall–Kier alpha value is -1.42. The van der Waals surface area contributed by atoms with Crippen molar-refractivity contribution in [3.63, 3.8) is 0 Å². The molecule has 18 heavy (non-hydrogen) atoms. The van der Waals surface area contributed by atoms with Gasteiger partial charge < -0.3 is 4.74 Å². The smallest absolute Gasteiger partial charge is 0.158 e. The van der Waals surface area contributed by atoms with Crippen LogP contribution in [0, 0.1) is 0 Å². The van der Waals surface area contributed by atoms with Crippen LogP contribution in [-0.4, -0.2) is 21.1 Å². The maximum absolute atomic E-state index is 6.21.